The summed E-state index contributed by atoms with van der Waals surface area (Å²) in [6, 6.07) is 55.4. The van der Waals surface area contributed by atoms with Crippen LogP contribution in [0.1, 0.15) is 0 Å². The molecule has 0 fully saturated rings. The summed E-state index contributed by atoms with van der Waals surface area (Å²) < 4.78 is 6.12. The van der Waals surface area contributed by atoms with Gasteiger partial charge in [0, 0.05) is 32.7 Å². The van der Waals surface area contributed by atoms with Gasteiger partial charge in [0.1, 0.15) is 11.2 Å². The van der Waals surface area contributed by atoms with E-state index in [4.69, 9.17) is 14.4 Å². The first-order valence-electron chi connectivity index (χ1n) is 15.9. The van der Waals surface area contributed by atoms with E-state index in [9.17, 15) is 0 Å². The first kappa shape index (κ1) is 26.0. The Labute approximate surface area is 270 Å². The van der Waals surface area contributed by atoms with E-state index in [0.717, 1.165) is 82.8 Å². The summed E-state index contributed by atoms with van der Waals surface area (Å²) in [5.74, 6) is 0. The lowest BCUT2D eigenvalue weighted by Crippen LogP contribution is -1.98. The van der Waals surface area contributed by atoms with Crippen molar-refractivity contribution in [1.29, 1.82) is 0 Å². The van der Waals surface area contributed by atoms with Crippen LogP contribution in [0.3, 0.4) is 0 Å². The van der Waals surface area contributed by atoms with E-state index in [0.29, 0.717) is 0 Å². The van der Waals surface area contributed by atoms with Crippen LogP contribution in [-0.4, -0.2) is 9.97 Å². The van der Waals surface area contributed by atoms with Gasteiger partial charge in [-0.05, 0) is 56.9 Å². The molecular formula is C44H26N2O. The third kappa shape index (κ3) is 4.00. The van der Waals surface area contributed by atoms with Gasteiger partial charge in [0.25, 0.3) is 0 Å². The van der Waals surface area contributed by atoms with Gasteiger partial charge in [0.05, 0.1) is 22.4 Å². The van der Waals surface area contributed by atoms with Crippen molar-refractivity contribution < 1.29 is 4.42 Å². The van der Waals surface area contributed by atoms with Gasteiger partial charge in [-0.15, -0.1) is 0 Å². The van der Waals surface area contributed by atoms with Crippen LogP contribution < -0.4 is 0 Å². The van der Waals surface area contributed by atoms with Gasteiger partial charge in [0.15, 0.2) is 0 Å². The predicted molar refractivity (Wildman–Crippen MR) is 196 cm³/mol. The Kier molecular flexibility index (Phi) is 5.57. The zero-order valence-electron chi connectivity index (χ0n) is 25.3. The second kappa shape index (κ2) is 10.1. The zero-order chi connectivity index (χ0) is 30.9. The molecule has 0 aliphatic rings. The van der Waals surface area contributed by atoms with Gasteiger partial charge >= 0.3 is 0 Å². The maximum atomic E-state index is 6.12. The minimum Gasteiger partial charge on any atom is -0.456 e. The Morgan fingerprint density at radius 1 is 0.340 bits per heavy atom. The predicted octanol–water partition coefficient (Wildman–Crippen LogP) is 12.0. The molecule has 0 radical (unpaired) electrons. The summed E-state index contributed by atoms with van der Waals surface area (Å²) in [6.45, 7) is 0. The summed E-state index contributed by atoms with van der Waals surface area (Å²) in [4.78, 5) is 11.1. The molecule has 218 valence electrons. The molecule has 3 nitrogen and oxygen atoms in total. The maximum Gasteiger partial charge on any atom is 0.135 e. The van der Waals surface area contributed by atoms with Crippen LogP contribution in [0.5, 0.6) is 0 Å². The molecule has 0 aliphatic heterocycles. The van der Waals surface area contributed by atoms with E-state index in [1.54, 1.807) is 0 Å². The van der Waals surface area contributed by atoms with Crippen molar-refractivity contribution in [3.63, 3.8) is 0 Å². The maximum absolute atomic E-state index is 6.12. The van der Waals surface area contributed by atoms with Crippen LogP contribution in [0.15, 0.2) is 162 Å². The Morgan fingerprint density at radius 3 is 1.68 bits per heavy atom. The second-order valence-electron chi connectivity index (χ2n) is 12.1. The van der Waals surface area contributed by atoms with Crippen LogP contribution >= 0.6 is 0 Å². The normalized spacial score (nSPS) is 11.8. The number of aromatic nitrogens is 2. The van der Waals surface area contributed by atoms with Crippen LogP contribution in [0.2, 0.25) is 0 Å². The Morgan fingerprint density at radius 2 is 0.894 bits per heavy atom. The Hall–Kier alpha value is -6.32. The number of fused-ring (bicyclic) bond motifs is 10. The zero-order valence-corrected chi connectivity index (χ0v) is 25.3. The van der Waals surface area contributed by atoms with Gasteiger partial charge in [-0.25, -0.2) is 9.97 Å². The summed E-state index contributed by atoms with van der Waals surface area (Å²) in [5.41, 5.74) is 9.70. The van der Waals surface area contributed by atoms with Crippen LogP contribution in [0, 0.1) is 0 Å². The van der Waals surface area contributed by atoms with Crippen LogP contribution in [0.25, 0.3) is 98.9 Å². The number of benzene rings is 8. The largest absolute Gasteiger partial charge is 0.456 e. The van der Waals surface area contributed by atoms with Crippen LogP contribution in [0.4, 0.5) is 0 Å². The van der Waals surface area contributed by atoms with Crippen molar-refractivity contribution in [1.82, 2.24) is 9.97 Å². The highest BCUT2D eigenvalue weighted by molar-refractivity contribution is 6.23. The first-order chi connectivity index (χ1) is 23.3. The summed E-state index contributed by atoms with van der Waals surface area (Å²) in [5, 5.41) is 9.15. The fourth-order valence-corrected chi connectivity index (χ4v) is 7.23. The molecule has 0 bridgehead atoms. The van der Waals surface area contributed by atoms with Gasteiger partial charge < -0.3 is 4.42 Å². The lowest BCUT2D eigenvalue weighted by atomic mass is 9.94. The lowest BCUT2D eigenvalue weighted by Gasteiger charge is -2.16. The number of rotatable bonds is 3. The topological polar surface area (TPSA) is 38.9 Å². The number of hydrogen-bond donors (Lipinski definition) is 0. The van der Waals surface area contributed by atoms with E-state index in [1.807, 2.05) is 12.1 Å². The van der Waals surface area contributed by atoms with Crippen LogP contribution in [-0.2, 0) is 0 Å². The molecule has 8 aromatic carbocycles. The molecule has 0 saturated carbocycles. The van der Waals surface area contributed by atoms with E-state index in [-0.39, 0.29) is 0 Å². The quantitative estimate of drug-likeness (QED) is 0.190. The lowest BCUT2D eigenvalue weighted by molar-refractivity contribution is 0.669. The standard InChI is InChI=1S/C44H26N2O/c1-2-15-31-27(11-1)12-10-21-35(31)42-41(45-43-36-19-5-3-16-32(36)33-17-4-6-20-37(33)44(43)46-42)30-14-9-13-28(25-30)29-23-24-40-38(26-29)34-18-7-8-22-39(34)47-40/h1-26H. The highest BCUT2D eigenvalue weighted by Gasteiger charge is 2.19. The molecule has 0 amide bonds. The molecular weight excluding hydrogens is 572 g/mol. The Balaban J connectivity index is 1.27. The fraction of sp³-hybridized carbons (Fsp3) is 0. The van der Waals surface area contributed by atoms with Gasteiger partial charge in [-0.1, -0.05) is 133 Å². The monoisotopic (exact) mass is 598 g/mol. The molecule has 10 aromatic rings. The molecule has 0 unspecified atom stereocenters. The molecule has 0 N–H and O–H groups in total. The van der Waals surface area contributed by atoms with Crippen molar-refractivity contribution in [3.8, 4) is 33.6 Å². The summed E-state index contributed by atoms with van der Waals surface area (Å²) in [7, 11) is 0. The minimum absolute atomic E-state index is 0.867. The van der Waals surface area contributed by atoms with E-state index >= 15 is 0 Å². The fourth-order valence-electron chi connectivity index (χ4n) is 7.23. The van der Waals surface area contributed by atoms with Gasteiger partial charge in [-0.3, -0.25) is 0 Å². The Bertz CT molecular complexity index is 2860. The SMILES string of the molecule is c1cc(-c2ccc3oc4ccccc4c3c2)cc(-c2nc3c4ccccc4c4ccccc4c3nc2-c2cccc3ccccc23)c1. The summed E-state index contributed by atoms with van der Waals surface area (Å²) in [6.07, 6.45) is 0. The first-order valence-corrected chi connectivity index (χ1v) is 15.9. The number of para-hydroxylation sites is 1. The average molecular weight is 599 g/mol. The highest BCUT2D eigenvalue weighted by Crippen LogP contribution is 2.41. The minimum atomic E-state index is 0.867. The number of furan rings is 1. The molecule has 10 rings (SSSR count). The van der Waals surface area contributed by atoms with E-state index in [1.165, 1.54) is 16.2 Å². The van der Waals surface area contributed by atoms with E-state index in [2.05, 4.69) is 146 Å². The molecule has 47 heavy (non-hydrogen) atoms. The number of hydrogen-bond acceptors (Lipinski definition) is 3. The molecule has 0 spiro atoms. The van der Waals surface area contributed by atoms with Crippen molar-refractivity contribution >= 4 is 65.3 Å². The van der Waals surface area contributed by atoms with Gasteiger partial charge in [0.2, 0.25) is 0 Å². The molecule has 2 aromatic heterocycles. The van der Waals surface area contributed by atoms with E-state index < -0.39 is 0 Å². The molecule has 3 heteroatoms. The third-order valence-electron chi connectivity index (χ3n) is 9.44. The van der Waals surface area contributed by atoms with Gasteiger partial charge in [-0.2, -0.15) is 0 Å². The smallest absolute Gasteiger partial charge is 0.135 e. The highest BCUT2D eigenvalue weighted by atomic mass is 16.3. The van der Waals surface area contributed by atoms with Crippen molar-refractivity contribution in [2.75, 3.05) is 0 Å². The molecule has 0 aliphatic carbocycles. The van der Waals surface area contributed by atoms with Crippen molar-refractivity contribution in [2.24, 2.45) is 0 Å². The van der Waals surface area contributed by atoms with Crippen molar-refractivity contribution in [3.05, 3.63) is 158 Å². The van der Waals surface area contributed by atoms with Crippen molar-refractivity contribution in [2.45, 2.75) is 0 Å². The summed E-state index contributed by atoms with van der Waals surface area (Å²) >= 11 is 0. The second-order valence-corrected chi connectivity index (χ2v) is 12.1. The number of nitrogens with zero attached hydrogens (tertiary/aromatic N) is 2. The average Bonchev–Trinajstić information content (AvgIpc) is 3.52. The third-order valence-corrected chi connectivity index (χ3v) is 9.44. The molecule has 2 heterocycles. The molecule has 0 saturated heterocycles. The molecule has 0 atom stereocenters.